The van der Waals surface area contributed by atoms with Gasteiger partial charge in [-0.2, -0.15) is 5.10 Å². The molecule has 0 aromatic carbocycles. The number of furan rings is 1. The van der Waals surface area contributed by atoms with Crippen molar-refractivity contribution in [2.75, 3.05) is 5.73 Å². The molecule has 100 valence electrons. The first-order chi connectivity index (χ1) is 8.90. The minimum absolute atomic E-state index is 0.0212. The van der Waals surface area contributed by atoms with Crippen LogP contribution in [-0.4, -0.2) is 15.7 Å². The number of hydrogen-bond acceptors (Lipinski definition) is 5. The van der Waals surface area contributed by atoms with Crippen molar-refractivity contribution in [2.24, 2.45) is 5.73 Å². The molecule has 0 aliphatic rings. The van der Waals surface area contributed by atoms with Crippen LogP contribution in [-0.2, 0) is 4.79 Å². The van der Waals surface area contributed by atoms with Crippen LogP contribution in [0.15, 0.2) is 27.4 Å². The molecule has 0 unspecified atom stereocenters. The summed E-state index contributed by atoms with van der Waals surface area (Å²) in [7, 11) is 0. The molecule has 2 rings (SSSR count). The highest BCUT2D eigenvalue weighted by Crippen LogP contribution is 2.20. The van der Waals surface area contributed by atoms with Gasteiger partial charge in [0.15, 0.2) is 5.76 Å². The van der Waals surface area contributed by atoms with E-state index in [-0.39, 0.29) is 5.69 Å². The molecule has 0 saturated heterocycles. The molecule has 2 heterocycles. The van der Waals surface area contributed by atoms with Gasteiger partial charge >= 0.3 is 0 Å². The first kappa shape index (κ1) is 12.9. The van der Waals surface area contributed by atoms with Gasteiger partial charge in [-0.15, -0.1) is 0 Å². The summed E-state index contributed by atoms with van der Waals surface area (Å²) in [5.41, 5.74) is 10.6. The van der Waals surface area contributed by atoms with Gasteiger partial charge in [0, 0.05) is 0 Å². The van der Waals surface area contributed by atoms with Crippen LogP contribution >= 0.6 is 0 Å². The fourth-order valence-electron chi connectivity index (χ4n) is 1.61. The van der Waals surface area contributed by atoms with Crippen molar-refractivity contribution in [1.82, 2.24) is 9.78 Å². The molecule has 0 bridgehead atoms. The number of hydrogen-bond donors (Lipinski definition) is 2. The Morgan fingerprint density at radius 2 is 2.16 bits per heavy atom. The standard InChI is InChI=1S/C12H14N4O3/c1-6-3-4-10(19-6)9-5-8(13)12(18)16(15-9)7(2)11(14)17/h3-5,7H,13H2,1-2H3,(H2,14,17)/t7-/m1/s1. The van der Waals surface area contributed by atoms with Crippen LogP contribution in [0.2, 0.25) is 0 Å². The summed E-state index contributed by atoms with van der Waals surface area (Å²) in [4.78, 5) is 23.0. The third-order valence-corrected chi connectivity index (χ3v) is 2.73. The molecule has 0 aliphatic heterocycles. The van der Waals surface area contributed by atoms with Crippen LogP contribution in [0.4, 0.5) is 5.69 Å². The van der Waals surface area contributed by atoms with Crippen LogP contribution in [0, 0.1) is 6.92 Å². The zero-order valence-electron chi connectivity index (χ0n) is 10.6. The van der Waals surface area contributed by atoms with Crippen molar-refractivity contribution in [1.29, 1.82) is 0 Å². The average Bonchev–Trinajstić information content (AvgIpc) is 2.78. The highest BCUT2D eigenvalue weighted by molar-refractivity contribution is 5.77. The molecule has 1 atom stereocenters. The maximum absolute atomic E-state index is 11.8. The molecule has 0 radical (unpaired) electrons. The van der Waals surface area contributed by atoms with Crippen molar-refractivity contribution in [3.05, 3.63) is 34.3 Å². The van der Waals surface area contributed by atoms with Crippen molar-refractivity contribution < 1.29 is 9.21 Å². The molecular weight excluding hydrogens is 248 g/mol. The second-order valence-corrected chi connectivity index (χ2v) is 4.22. The zero-order valence-corrected chi connectivity index (χ0v) is 10.6. The SMILES string of the molecule is Cc1ccc(-c2cc(N)c(=O)n([C@H](C)C(N)=O)n2)o1. The average molecular weight is 262 g/mol. The van der Waals surface area contributed by atoms with Gasteiger partial charge in [-0.1, -0.05) is 0 Å². The number of nitrogens with two attached hydrogens (primary N) is 2. The molecular formula is C12H14N4O3. The molecule has 19 heavy (non-hydrogen) atoms. The Morgan fingerprint density at radius 1 is 1.47 bits per heavy atom. The van der Waals surface area contributed by atoms with Crippen LogP contribution in [0.1, 0.15) is 18.7 Å². The zero-order chi connectivity index (χ0) is 14.2. The number of rotatable bonds is 3. The molecule has 0 spiro atoms. The minimum atomic E-state index is -0.884. The van der Waals surface area contributed by atoms with Crippen LogP contribution < -0.4 is 17.0 Å². The van der Waals surface area contributed by atoms with E-state index in [2.05, 4.69) is 5.10 Å². The molecule has 0 saturated carbocycles. The van der Waals surface area contributed by atoms with Gasteiger partial charge in [-0.25, -0.2) is 4.68 Å². The molecule has 2 aromatic rings. The van der Waals surface area contributed by atoms with E-state index in [1.54, 1.807) is 19.1 Å². The number of primary amides is 1. The number of carbonyl (C=O) groups excluding carboxylic acids is 1. The maximum atomic E-state index is 11.8. The summed E-state index contributed by atoms with van der Waals surface area (Å²) in [6.45, 7) is 3.27. The van der Waals surface area contributed by atoms with E-state index < -0.39 is 17.5 Å². The van der Waals surface area contributed by atoms with Gasteiger partial charge < -0.3 is 15.9 Å². The summed E-state index contributed by atoms with van der Waals surface area (Å²) in [6, 6.07) is 4.00. The number of carbonyl (C=O) groups is 1. The third-order valence-electron chi connectivity index (χ3n) is 2.73. The van der Waals surface area contributed by atoms with Crippen molar-refractivity contribution in [3.8, 4) is 11.5 Å². The third kappa shape index (κ3) is 2.35. The van der Waals surface area contributed by atoms with Crippen LogP contribution in [0.25, 0.3) is 11.5 Å². The molecule has 1 amide bonds. The number of anilines is 1. The smallest absolute Gasteiger partial charge is 0.290 e. The highest BCUT2D eigenvalue weighted by atomic mass is 16.3. The van der Waals surface area contributed by atoms with Crippen molar-refractivity contribution in [3.63, 3.8) is 0 Å². The fourth-order valence-corrected chi connectivity index (χ4v) is 1.61. The van der Waals surface area contributed by atoms with E-state index in [0.29, 0.717) is 17.2 Å². The lowest BCUT2D eigenvalue weighted by molar-refractivity contribution is -0.121. The largest absolute Gasteiger partial charge is 0.460 e. The predicted octanol–water partition coefficient (Wildman–Crippen LogP) is 0.440. The van der Waals surface area contributed by atoms with E-state index in [0.717, 1.165) is 4.68 Å². The minimum Gasteiger partial charge on any atom is -0.460 e. The van der Waals surface area contributed by atoms with E-state index in [9.17, 15) is 9.59 Å². The van der Waals surface area contributed by atoms with Gasteiger partial charge in [0.1, 0.15) is 23.2 Å². The Bertz CT molecular complexity index is 687. The number of amides is 1. The lowest BCUT2D eigenvalue weighted by Gasteiger charge is -2.11. The van der Waals surface area contributed by atoms with E-state index in [1.807, 2.05) is 0 Å². The van der Waals surface area contributed by atoms with Crippen molar-refractivity contribution in [2.45, 2.75) is 19.9 Å². The topological polar surface area (TPSA) is 117 Å². The quantitative estimate of drug-likeness (QED) is 0.832. The van der Waals surface area contributed by atoms with Crippen LogP contribution in [0.3, 0.4) is 0 Å². The summed E-state index contributed by atoms with van der Waals surface area (Å²) in [5, 5.41) is 4.07. The molecule has 0 fully saturated rings. The second kappa shape index (κ2) is 4.60. The lowest BCUT2D eigenvalue weighted by atomic mass is 10.2. The summed E-state index contributed by atoms with van der Waals surface area (Å²) >= 11 is 0. The Hall–Kier alpha value is -2.57. The van der Waals surface area contributed by atoms with E-state index in [4.69, 9.17) is 15.9 Å². The Kier molecular flexibility index (Phi) is 3.12. The molecule has 0 aliphatic carbocycles. The van der Waals surface area contributed by atoms with Gasteiger partial charge in [-0.3, -0.25) is 9.59 Å². The Morgan fingerprint density at radius 3 is 2.68 bits per heavy atom. The number of aryl methyl sites for hydroxylation is 1. The first-order valence-electron chi connectivity index (χ1n) is 5.65. The molecule has 7 nitrogen and oxygen atoms in total. The van der Waals surface area contributed by atoms with Gasteiger partial charge in [-0.05, 0) is 32.0 Å². The summed E-state index contributed by atoms with van der Waals surface area (Å²) in [6.07, 6.45) is 0. The van der Waals surface area contributed by atoms with Gasteiger partial charge in [0.25, 0.3) is 5.56 Å². The fraction of sp³-hybridized carbons (Fsp3) is 0.250. The second-order valence-electron chi connectivity index (χ2n) is 4.22. The first-order valence-corrected chi connectivity index (χ1v) is 5.65. The maximum Gasteiger partial charge on any atom is 0.290 e. The van der Waals surface area contributed by atoms with Gasteiger partial charge in [0.2, 0.25) is 5.91 Å². The monoisotopic (exact) mass is 262 g/mol. The normalized spacial score (nSPS) is 12.3. The van der Waals surface area contributed by atoms with Crippen LogP contribution in [0.5, 0.6) is 0 Å². The Balaban J connectivity index is 2.60. The number of aromatic nitrogens is 2. The van der Waals surface area contributed by atoms with E-state index >= 15 is 0 Å². The van der Waals surface area contributed by atoms with Crippen molar-refractivity contribution >= 4 is 11.6 Å². The molecule has 2 aromatic heterocycles. The lowest BCUT2D eigenvalue weighted by Crippen LogP contribution is -2.35. The molecule has 4 N–H and O–H groups in total. The predicted molar refractivity (Wildman–Crippen MR) is 69.3 cm³/mol. The number of nitrogen functional groups attached to an aromatic ring is 1. The highest BCUT2D eigenvalue weighted by Gasteiger charge is 2.18. The van der Waals surface area contributed by atoms with E-state index in [1.165, 1.54) is 13.0 Å². The Labute approximate surface area is 108 Å². The summed E-state index contributed by atoms with van der Waals surface area (Å²) in [5.74, 6) is 0.507. The van der Waals surface area contributed by atoms with Gasteiger partial charge in [0.05, 0.1) is 0 Å². The summed E-state index contributed by atoms with van der Waals surface area (Å²) < 4.78 is 6.37. The number of nitrogens with zero attached hydrogens (tertiary/aromatic N) is 2. The molecule has 7 heteroatoms.